The lowest BCUT2D eigenvalue weighted by Gasteiger charge is -2.21. The van der Waals surface area contributed by atoms with Crippen LogP contribution >= 0.6 is 0 Å². The molecule has 15 heavy (non-hydrogen) atoms. The van der Waals surface area contributed by atoms with E-state index in [1.165, 1.54) is 11.1 Å². The lowest BCUT2D eigenvalue weighted by Crippen LogP contribution is -2.35. The Balaban J connectivity index is 2.36. The van der Waals surface area contributed by atoms with E-state index in [-0.39, 0.29) is 0 Å². The van der Waals surface area contributed by atoms with Crippen molar-refractivity contribution in [3.05, 3.63) is 23.3 Å². The lowest BCUT2D eigenvalue weighted by atomic mass is 9.80. The Morgan fingerprint density at radius 3 is 2.40 bits per heavy atom. The van der Waals surface area contributed by atoms with Gasteiger partial charge < -0.3 is 14.1 Å². The van der Waals surface area contributed by atoms with Crippen LogP contribution in [0.25, 0.3) is 0 Å². The van der Waals surface area contributed by atoms with Gasteiger partial charge >= 0.3 is 0 Å². The molecule has 1 saturated heterocycles. The number of likely N-dealkylation sites (tertiary alicyclic amines) is 1. The molecule has 1 aliphatic carbocycles. The Labute approximate surface area is 89.7 Å². The number of hydrogen-bond donors (Lipinski definition) is 0. The number of quaternary nitrogens is 1. The summed E-state index contributed by atoms with van der Waals surface area (Å²) < 4.78 is 0.908. The van der Waals surface area contributed by atoms with Crippen molar-refractivity contribution in [1.29, 1.82) is 0 Å². The summed E-state index contributed by atoms with van der Waals surface area (Å²) in [6.45, 7) is 1.91. The number of allylic oxidation sites excluding steroid dienone is 2. The molecular weight excluding hydrogens is 190 g/mol. The van der Waals surface area contributed by atoms with Crippen molar-refractivity contribution in [2.24, 2.45) is 5.41 Å². The number of hydrogen-bond acceptors (Lipinski definition) is 2. The second kappa shape index (κ2) is 3.14. The van der Waals surface area contributed by atoms with Crippen LogP contribution in [0.2, 0.25) is 0 Å². The van der Waals surface area contributed by atoms with Crippen LogP contribution in [0.5, 0.6) is 0 Å². The minimum absolute atomic E-state index is 0.527. The van der Waals surface area contributed by atoms with E-state index in [1.807, 2.05) is 12.2 Å². The Hall–Kier alpha value is -1.22. The van der Waals surface area contributed by atoms with Crippen LogP contribution in [0.3, 0.4) is 0 Å². The minimum Gasteiger partial charge on any atom is -0.321 e. The van der Waals surface area contributed by atoms with Gasteiger partial charge in [-0.05, 0) is 6.42 Å². The molecule has 1 heterocycles. The van der Waals surface area contributed by atoms with E-state index in [9.17, 15) is 9.59 Å². The zero-order valence-corrected chi connectivity index (χ0v) is 9.19. The van der Waals surface area contributed by atoms with Crippen LogP contribution in [0.1, 0.15) is 6.42 Å². The molecule has 0 saturated carbocycles. The molecule has 80 valence electrons. The number of carbonyl (C=O) groups excluding carboxylic acids is 2. The third kappa shape index (κ3) is 1.67. The van der Waals surface area contributed by atoms with Crippen LogP contribution in [0, 0.1) is 5.41 Å². The average Bonchev–Trinajstić information content (AvgIpc) is 2.50. The SMILES string of the molecule is C[N+]1(C)CC2=CCC(C=O)(C=O)C=C2C1. The predicted molar refractivity (Wildman–Crippen MR) is 57.2 cm³/mol. The Kier molecular flexibility index (Phi) is 2.15. The number of rotatable bonds is 2. The normalized spacial score (nSPS) is 26.3. The molecule has 2 rings (SSSR count). The summed E-state index contributed by atoms with van der Waals surface area (Å²) >= 11 is 0. The summed E-state index contributed by atoms with van der Waals surface area (Å²) in [5.74, 6) is 0. The topological polar surface area (TPSA) is 34.1 Å². The second-order valence-corrected chi connectivity index (χ2v) is 5.20. The molecular formula is C12H16NO2+. The van der Waals surface area contributed by atoms with Crippen LogP contribution in [0.15, 0.2) is 23.3 Å². The maximum absolute atomic E-state index is 11.0. The lowest BCUT2D eigenvalue weighted by molar-refractivity contribution is -0.872. The number of carbonyl (C=O) groups is 2. The summed E-state index contributed by atoms with van der Waals surface area (Å²) in [6, 6.07) is 0. The molecule has 1 fully saturated rings. The first-order valence-corrected chi connectivity index (χ1v) is 5.16. The molecule has 0 atom stereocenters. The van der Waals surface area contributed by atoms with Crippen LogP contribution in [0.4, 0.5) is 0 Å². The molecule has 3 heteroatoms. The summed E-state index contributed by atoms with van der Waals surface area (Å²) in [7, 11) is 4.31. The first-order chi connectivity index (χ1) is 7.00. The van der Waals surface area contributed by atoms with Crippen molar-refractivity contribution in [3.63, 3.8) is 0 Å². The fourth-order valence-electron chi connectivity index (χ4n) is 2.39. The molecule has 0 spiro atoms. The molecule has 0 aromatic carbocycles. The molecule has 2 aliphatic rings. The van der Waals surface area contributed by atoms with Gasteiger partial charge in [0, 0.05) is 11.1 Å². The molecule has 0 aromatic rings. The van der Waals surface area contributed by atoms with E-state index in [1.54, 1.807) is 0 Å². The van der Waals surface area contributed by atoms with Gasteiger partial charge in [0.2, 0.25) is 0 Å². The maximum atomic E-state index is 11.0. The average molecular weight is 206 g/mol. The van der Waals surface area contributed by atoms with E-state index in [0.29, 0.717) is 6.42 Å². The highest BCUT2D eigenvalue weighted by atomic mass is 16.1. The number of fused-ring (bicyclic) bond motifs is 1. The van der Waals surface area contributed by atoms with Crippen LogP contribution < -0.4 is 0 Å². The molecule has 0 aromatic heterocycles. The van der Waals surface area contributed by atoms with Crippen molar-refractivity contribution in [1.82, 2.24) is 0 Å². The van der Waals surface area contributed by atoms with Crippen molar-refractivity contribution >= 4 is 12.6 Å². The first kappa shape index (κ1) is 10.3. The van der Waals surface area contributed by atoms with E-state index >= 15 is 0 Å². The van der Waals surface area contributed by atoms with Gasteiger partial charge in [0.1, 0.15) is 31.1 Å². The smallest absolute Gasteiger partial charge is 0.137 e. The number of nitrogens with zero attached hydrogens (tertiary/aromatic N) is 1. The molecule has 0 unspecified atom stereocenters. The molecule has 0 N–H and O–H groups in total. The Morgan fingerprint density at radius 2 is 1.80 bits per heavy atom. The zero-order chi connectivity index (χ0) is 11.1. The highest BCUT2D eigenvalue weighted by molar-refractivity contribution is 5.88. The van der Waals surface area contributed by atoms with Crippen molar-refractivity contribution in [2.75, 3.05) is 27.2 Å². The van der Waals surface area contributed by atoms with Crippen LogP contribution in [-0.2, 0) is 9.59 Å². The van der Waals surface area contributed by atoms with Gasteiger partial charge in [0.25, 0.3) is 0 Å². The van der Waals surface area contributed by atoms with Gasteiger partial charge in [-0.1, -0.05) is 12.2 Å². The highest BCUT2D eigenvalue weighted by Gasteiger charge is 2.38. The van der Waals surface area contributed by atoms with Gasteiger partial charge in [-0.25, -0.2) is 0 Å². The Morgan fingerprint density at radius 1 is 1.20 bits per heavy atom. The summed E-state index contributed by atoms with van der Waals surface area (Å²) in [6.07, 6.45) is 5.95. The number of aldehydes is 2. The van der Waals surface area contributed by atoms with E-state index in [2.05, 4.69) is 14.1 Å². The fraction of sp³-hybridized carbons (Fsp3) is 0.500. The molecule has 1 aliphatic heterocycles. The zero-order valence-electron chi connectivity index (χ0n) is 9.19. The maximum Gasteiger partial charge on any atom is 0.137 e. The largest absolute Gasteiger partial charge is 0.321 e. The van der Waals surface area contributed by atoms with Crippen molar-refractivity contribution < 1.29 is 14.1 Å². The summed E-state index contributed by atoms with van der Waals surface area (Å²) in [5.41, 5.74) is 1.59. The molecule has 3 nitrogen and oxygen atoms in total. The monoisotopic (exact) mass is 206 g/mol. The third-order valence-corrected chi connectivity index (χ3v) is 3.19. The quantitative estimate of drug-likeness (QED) is 0.379. The third-order valence-electron chi connectivity index (χ3n) is 3.19. The van der Waals surface area contributed by atoms with Gasteiger partial charge in [-0.2, -0.15) is 0 Å². The van der Waals surface area contributed by atoms with Crippen LogP contribution in [-0.4, -0.2) is 44.2 Å². The van der Waals surface area contributed by atoms with E-state index in [0.717, 1.165) is 30.1 Å². The molecule has 0 radical (unpaired) electrons. The van der Waals surface area contributed by atoms with Gasteiger partial charge in [-0.3, -0.25) is 0 Å². The van der Waals surface area contributed by atoms with E-state index in [4.69, 9.17) is 0 Å². The van der Waals surface area contributed by atoms with Gasteiger partial charge in [-0.15, -0.1) is 0 Å². The Bertz CT molecular complexity index is 369. The van der Waals surface area contributed by atoms with E-state index < -0.39 is 5.41 Å². The first-order valence-electron chi connectivity index (χ1n) is 5.16. The van der Waals surface area contributed by atoms with Crippen molar-refractivity contribution in [3.8, 4) is 0 Å². The molecule has 0 amide bonds. The highest BCUT2D eigenvalue weighted by Crippen LogP contribution is 2.35. The summed E-state index contributed by atoms with van der Waals surface area (Å²) in [4.78, 5) is 21.9. The summed E-state index contributed by atoms with van der Waals surface area (Å²) in [5, 5.41) is 0. The van der Waals surface area contributed by atoms with Gasteiger partial charge in [0.05, 0.1) is 14.1 Å². The van der Waals surface area contributed by atoms with Gasteiger partial charge in [0.15, 0.2) is 0 Å². The molecule has 0 bridgehead atoms. The van der Waals surface area contributed by atoms with Crippen molar-refractivity contribution in [2.45, 2.75) is 6.42 Å². The predicted octanol–water partition coefficient (Wildman–Crippen LogP) is 0.717. The number of likely N-dealkylation sites (N-methyl/N-ethyl adjacent to an activating group) is 1. The minimum atomic E-state index is -0.886. The fourth-order valence-corrected chi connectivity index (χ4v) is 2.39. The second-order valence-electron chi connectivity index (χ2n) is 5.20. The standard InChI is InChI=1S/C12H16NO2/c1-13(2)6-10-3-4-12(8-14,9-15)5-11(10)7-13/h3,5,8-9H,4,6-7H2,1-2H3/q+1.